The predicted octanol–water partition coefficient (Wildman–Crippen LogP) is 4.57. The number of likely N-dealkylation sites (tertiary alicyclic amines) is 1. The van der Waals surface area contributed by atoms with E-state index in [1.807, 2.05) is 18.2 Å². The Balaban J connectivity index is 1.49. The zero-order chi connectivity index (χ0) is 17.2. The highest BCUT2D eigenvalue weighted by molar-refractivity contribution is 7.99. The van der Waals surface area contributed by atoms with Crippen molar-refractivity contribution in [1.29, 1.82) is 0 Å². The number of thiophene rings is 1. The smallest absolute Gasteiger partial charge is 0.233 e. The van der Waals surface area contributed by atoms with Gasteiger partial charge in [-0.3, -0.25) is 4.79 Å². The molecule has 2 aromatic heterocycles. The number of hydrogen-bond acceptors (Lipinski definition) is 4. The number of rotatable bonds is 5. The monoisotopic (exact) mass is 371 g/mol. The molecule has 0 saturated carbocycles. The Morgan fingerprint density at radius 3 is 3.00 bits per heavy atom. The molecule has 1 amide bonds. The SMILES string of the molecule is CCn1c(SCC(=O)N2CCCC2c2cccs2)nc2ccccc21. The number of benzene rings is 1. The minimum absolute atomic E-state index is 0.218. The Bertz CT molecular complexity index is 872. The van der Waals surface area contributed by atoms with Crippen LogP contribution in [0.5, 0.6) is 0 Å². The summed E-state index contributed by atoms with van der Waals surface area (Å²) < 4.78 is 2.19. The van der Waals surface area contributed by atoms with E-state index in [0.717, 1.165) is 42.1 Å². The molecule has 0 N–H and O–H groups in total. The van der Waals surface area contributed by atoms with Crippen LogP contribution in [0.15, 0.2) is 46.9 Å². The van der Waals surface area contributed by atoms with Crippen molar-refractivity contribution in [2.24, 2.45) is 0 Å². The van der Waals surface area contributed by atoms with Crippen LogP contribution < -0.4 is 0 Å². The third-order valence-electron chi connectivity index (χ3n) is 4.71. The van der Waals surface area contributed by atoms with Gasteiger partial charge in [0.2, 0.25) is 5.91 Å². The highest BCUT2D eigenvalue weighted by Crippen LogP contribution is 2.35. The zero-order valence-electron chi connectivity index (χ0n) is 14.2. The summed E-state index contributed by atoms with van der Waals surface area (Å²) in [5, 5.41) is 3.03. The van der Waals surface area contributed by atoms with Crippen LogP contribution in [0.2, 0.25) is 0 Å². The summed E-state index contributed by atoms with van der Waals surface area (Å²) in [6.45, 7) is 3.85. The van der Waals surface area contributed by atoms with Gasteiger partial charge >= 0.3 is 0 Å². The number of imidazole rings is 1. The van der Waals surface area contributed by atoms with E-state index in [2.05, 4.69) is 40.0 Å². The van der Waals surface area contributed by atoms with E-state index >= 15 is 0 Å². The molecule has 1 atom stereocenters. The van der Waals surface area contributed by atoms with E-state index in [1.165, 1.54) is 4.88 Å². The van der Waals surface area contributed by atoms with Crippen molar-refractivity contribution < 1.29 is 4.79 Å². The molecular formula is C19H21N3OS2. The summed E-state index contributed by atoms with van der Waals surface area (Å²) in [4.78, 5) is 20.9. The molecule has 3 aromatic rings. The fourth-order valence-electron chi connectivity index (χ4n) is 3.52. The lowest BCUT2D eigenvalue weighted by molar-refractivity contribution is -0.129. The second-order valence-electron chi connectivity index (χ2n) is 6.18. The van der Waals surface area contributed by atoms with Crippen molar-refractivity contribution in [2.45, 2.75) is 37.5 Å². The average Bonchev–Trinajstić information content (AvgIpc) is 3.37. The van der Waals surface area contributed by atoms with Gasteiger partial charge in [0.05, 0.1) is 22.8 Å². The number of amides is 1. The van der Waals surface area contributed by atoms with Gasteiger partial charge in [-0.2, -0.15) is 0 Å². The van der Waals surface area contributed by atoms with Crippen LogP contribution >= 0.6 is 23.1 Å². The number of aryl methyl sites for hydroxylation is 1. The van der Waals surface area contributed by atoms with E-state index < -0.39 is 0 Å². The largest absolute Gasteiger partial charge is 0.334 e. The second-order valence-corrected chi connectivity index (χ2v) is 8.10. The lowest BCUT2D eigenvalue weighted by atomic mass is 10.2. The van der Waals surface area contributed by atoms with Gasteiger partial charge in [0.15, 0.2) is 5.16 Å². The van der Waals surface area contributed by atoms with Crippen molar-refractivity contribution in [1.82, 2.24) is 14.5 Å². The lowest BCUT2D eigenvalue weighted by Crippen LogP contribution is -2.31. The molecule has 1 saturated heterocycles. The first-order chi connectivity index (χ1) is 12.3. The molecule has 0 radical (unpaired) electrons. The van der Waals surface area contributed by atoms with Crippen molar-refractivity contribution in [3.63, 3.8) is 0 Å². The standard InChI is InChI=1S/C19H21N3OS2/c1-2-21-15-8-4-3-7-14(15)20-19(21)25-13-18(23)22-11-5-9-16(22)17-10-6-12-24-17/h3-4,6-8,10,12,16H,2,5,9,11,13H2,1H3. The van der Waals surface area contributed by atoms with E-state index in [4.69, 9.17) is 4.98 Å². The van der Waals surface area contributed by atoms with Crippen LogP contribution in [0.3, 0.4) is 0 Å². The van der Waals surface area contributed by atoms with Crippen molar-refractivity contribution in [2.75, 3.05) is 12.3 Å². The molecule has 1 unspecified atom stereocenters. The molecule has 130 valence electrons. The van der Waals surface area contributed by atoms with Crippen LogP contribution in [0.25, 0.3) is 11.0 Å². The summed E-state index contributed by atoms with van der Waals surface area (Å²) in [5.41, 5.74) is 2.13. The molecule has 4 nitrogen and oxygen atoms in total. The first kappa shape index (κ1) is 16.7. The van der Waals surface area contributed by atoms with Crippen molar-refractivity contribution in [3.05, 3.63) is 46.7 Å². The van der Waals surface area contributed by atoms with E-state index in [9.17, 15) is 4.79 Å². The summed E-state index contributed by atoms with van der Waals surface area (Å²) in [6, 6.07) is 12.6. The molecule has 25 heavy (non-hydrogen) atoms. The number of aromatic nitrogens is 2. The molecule has 1 aliphatic rings. The summed E-state index contributed by atoms with van der Waals surface area (Å²) >= 11 is 3.30. The zero-order valence-corrected chi connectivity index (χ0v) is 15.9. The number of carbonyl (C=O) groups excluding carboxylic acids is 1. The highest BCUT2D eigenvalue weighted by Gasteiger charge is 2.30. The van der Waals surface area contributed by atoms with Crippen LogP contribution in [0.4, 0.5) is 0 Å². The maximum atomic E-state index is 12.8. The summed E-state index contributed by atoms with van der Waals surface area (Å²) in [7, 11) is 0. The molecule has 6 heteroatoms. The van der Waals surface area contributed by atoms with Gasteiger partial charge < -0.3 is 9.47 Å². The number of thioether (sulfide) groups is 1. The molecule has 1 aliphatic heterocycles. The minimum Gasteiger partial charge on any atom is -0.334 e. The molecular weight excluding hydrogens is 350 g/mol. The van der Waals surface area contributed by atoms with E-state index in [0.29, 0.717) is 5.75 Å². The topological polar surface area (TPSA) is 38.1 Å². The van der Waals surface area contributed by atoms with Gasteiger partial charge in [-0.05, 0) is 43.3 Å². The number of fused-ring (bicyclic) bond motifs is 1. The first-order valence-electron chi connectivity index (χ1n) is 8.69. The summed E-state index contributed by atoms with van der Waals surface area (Å²) in [5.74, 6) is 0.668. The van der Waals surface area contributed by atoms with Gasteiger partial charge in [0, 0.05) is 18.0 Å². The van der Waals surface area contributed by atoms with E-state index in [1.54, 1.807) is 23.1 Å². The Kier molecular flexibility index (Phi) is 4.81. The number of carbonyl (C=O) groups is 1. The number of para-hydroxylation sites is 2. The van der Waals surface area contributed by atoms with Crippen molar-refractivity contribution >= 4 is 40.0 Å². The van der Waals surface area contributed by atoms with Crippen LogP contribution in [-0.4, -0.2) is 32.7 Å². The molecule has 3 heterocycles. The van der Waals surface area contributed by atoms with Gasteiger partial charge in [0.1, 0.15) is 0 Å². The molecule has 0 aliphatic carbocycles. The lowest BCUT2D eigenvalue weighted by Gasteiger charge is -2.23. The van der Waals surface area contributed by atoms with Gasteiger partial charge in [-0.1, -0.05) is 30.0 Å². The quantitative estimate of drug-likeness (QED) is 0.617. The molecule has 0 spiro atoms. The third kappa shape index (κ3) is 3.20. The van der Waals surface area contributed by atoms with E-state index in [-0.39, 0.29) is 11.9 Å². The fraction of sp³-hybridized carbons (Fsp3) is 0.368. The predicted molar refractivity (Wildman–Crippen MR) is 104 cm³/mol. The minimum atomic E-state index is 0.218. The fourth-order valence-corrected chi connectivity index (χ4v) is 5.36. The molecule has 0 bridgehead atoms. The summed E-state index contributed by atoms with van der Waals surface area (Å²) in [6.07, 6.45) is 2.16. The van der Waals surface area contributed by atoms with Crippen molar-refractivity contribution in [3.8, 4) is 0 Å². The van der Waals surface area contributed by atoms with Gasteiger partial charge in [0.25, 0.3) is 0 Å². The average molecular weight is 372 g/mol. The Labute approximate surface area is 155 Å². The Morgan fingerprint density at radius 2 is 2.20 bits per heavy atom. The Morgan fingerprint density at radius 1 is 1.32 bits per heavy atom. The normalized spacial score (nSPS) is 17.5. The molecule has 1 aromatic carbocycles. The van der Waals surface area contributed by atoms with Crippen LogP contribution in [0.1, 0.15) is 30.7 Å². The number of hydrogen-bond donors (Lipinski definition) is 0. The Hall–Kier alpha value is -1.79. The maximum absolute atomic E-state index is 12.8. The maximum Gasteiger partial charge on any atom is 0.233 e. The highest BCUT2D eigenvalue weighted by atomic mass is 32.2. The van der Waals surface area contributed by atoms with Gasteiger partial charge in [-0.25, -0.2) is 4.98 Å². The number of nitrogens with zero attached hydrogens (tertiary/aromatic N) is 3. The molecule has 4 rings (SSSR count). The van der Waals surface area contributed by atoms with Crippen LogP contribution in [0, 0.1) is 0 Å². The third-order valence-corrected chi connectivity index (χ3v) is 6.64. The van der Waals surface area contributed by atoms with Crippen LogP contribution in [-0.2, 0) is 11.3 Å². The second kappa shape index (κ2) is 7.22. The first-order valence-corrected chi connectivity index (χ1v) is 10.6. The molecule has 1 fully saturated rings. The van der Waals surface area contributed by atoms with Gasteiger partial charge in [-0.15, -0.1) is 11.3 Å².